The van der Waals surface area contributed by atoms with Gasteiger partial charge in [-0.2, -0.15) is 0 Å². The van der Waals surface area contributed by atoms with E-state index in [2.05, 4.69) is 41.0 Å². The number of ether oxygens (including phenoxy) is 5. The highest BCUT2D eigenvalue weighted by Gasteiger charge is 2.41. The fraction of sp³-hybridized carbons (Fsp3) is 0.706. The molecule has 9 heteroatoms. The molecular formula is C34H53N2O7+. The lowest BCUT2D eigenvalue weighted by molar-refractivity contribution is -0.697. The largest absolute Gasteiger partial charge is 0.396 e. The second-order valence-electron chi connectivity index (χ2n) is 12.5. The van der Waals surface area contributed by atoms with Gasteiger partial charge in [-0.25, -0.2) is 4.57 Å². The van der Waals surface area contributed by atoms with Crippen molar-refractivity contribution in [2.24, 2.45) is 10.8 Å². The third-order valence-electron chi connectivity index (χ3n) is 8.59. The summed E-state index contributed by atoms with van der Waals surface area (Å²) in [5.41, 5.74) is 0.501. The molecule has 2 aliphatic heterocycles. The summed E-state index contributed by atoms with van der Waals surface area (Å²) in [4.78, 5) is 4.02. The lowest BCUT2D eigenvalue weighted by Gasteiger charge is -2.41. The molecule has 2 fully saturated rings. The molecule has 2 N–H and O–H groups in total. The van der Waals surface area contributed by atoms with Crippen molar-refractivity contribution in [1.82, 2.24) is 4.98 Å². The van der Waals surface area contributed by atoms with Gasteiger partial charge in [-0.3, -0.25) is 4.98 Å². The van der Waals surface area contributed by atoms with E-state index in [1.165, 1.54) is 64.2 Å². The van der Waals surface area contributed by atoms with Crippen LogP contribution < -0.4 is 4.57 Å². The van der Waals surface area contributed by atoms with E-state index in [0.717, 1.165) is 17.7 Å². The van der Waals surface area contributed by atoms with Gasteiger partial charge in [-0.15, -0.1) is 0 Å². The van der Waals surface area contributed by atoms with E-state index in [9.17, 15) is 10.2 Å². The van der Waals surface area contributed by atoms with Gasteiger partial charge in [0.15, 0.2) is 25.0 Å². The van der Waals surface area contributed by atoms with Crippen molar-refractivity contribution in [1.29, 1.82) is 0 Å². The van der Waals surface area contributed by atoms with E-state index in [0.29, 0.717) is 26.4 Å². The number of rotatable bonds is 19. The van der Waals surface area contributed by atoms with Crippen molar-refractivity contribution in [3.63, 3.8) is 0 Å². The van der Waals surface area contributed by atoms with Crippen LogP contribution in [0, 0.1) is 10.8 Å². The SMILES string of the molecule is CCCCCCCCCCCC[n+]1ccc(C2OCC(CO)(COCC3(CO)COC(c4ccncc4)OC3)CO2)cc1. The summed E-state index contributed by atoms with van der Waals surface area (Å²) in [5.74, 6) is 0. The number of aromatic nitrogens is 2. The molecule has 2 aromatic heterocycles. The summed E-state index contributed by atoms with van der Waals surface area (Å²) in [6, 6.07) is 7.80. The highest BCUT2D eigenvalue weighted by atomic mass is 16.7. The molecule has 2 aliphatic rings. The topological polar surface area (TPSA) is 103 Å². The predicted octanol–water partition coefficient (Wildman–Crippen LogP) is 5.06. The highest BCUT2D eigenvalue weighted by molar-refractivity contribution is 5.12. The average Bonchev–Trinajstić information content (AvgIpc) is 3.07. The molecule has 240 valence electrons. The van der Waals surface area contributed by atoms with E-state index in [1.807, 2.05) is 12.1 Å². The van der Waals surface area contributed by atoms with Crippen molar-refractivity contribution in [3.05, 3.63) is 60.2 Å². The number of aryl methyl sites for hydroxylation is 1. The predicted molar refractivity (Wildman–Crippen MR) is 162 cm³/mol. The molecule has 0 aliphatic carbocycles. The Bertz CT molecular complexity index is 1010. The Kier molecular flexibility index (Phi) is 14.3. The molecule has 0 aromatic carbocycles. The molecule has 2 saturated heterocycles. The van der Waals surface area contributed by atoms with Crippen LogP contribution in [-0.4, -0.2) is 68.1 Å². The smallest absolute Gasteiger partial charge is 0.184 e. The molecule has 0 amide bonds. The normalized spacial score (nSPS) is 26.0. The summed E-state index contributed by atoms with van der Waals surface area (Å²) < 4.78 is 32.2. The lowest BCUT2D eigenvalue weighted by Crippen LogP contribution is -2.48. The van der Waals surface area contributed by atoms with Gasteiger partial charge in [0, 0.05) is 42.1 Å². The Morgan fingerprint density at radius 1 is 0.698 bits per heavy atom. The van der Waals surface area contributed by atoms with Gasteiger partial charge in [0.1, 0.15) is 6.54 Å². The minimum Gasteiger partial charge on any atom is -0.396 e. The van der Waals surface area contributed by atoms with E-state index in [1.54, 1.807) is 12.4 Å². The first kappa shape index (κ1) is 33.9. The van der Waals surface area contributed by atoms with E-state index in [4.69, 9.17) is 23.7 Å². The fourth-order valence-electron chi connectivity index (χ4n) is 5.58. The van der Waals surface area contributed by atoms with Crippen LogP contribution in [-0.2, 0) is 30.2 Å². The summed E-state index contributed by atoms with van der Waals surface area (Å²) >= 11 is 0. The van der Waals surface area contributed by atoms with Crippen LogP contribution in [0.5, 0.6) is 0 Å². The Labute approximate surface area is 257 Å². The molecular weight excluding hydrogens is 548 g/mol. The van der Waals surface area contributed by atoms with Crippen molar-refractivity contribution in [3.8, 4) is 0 Å². The second-order valence-corrected chi connectivity index (χ2v) is 12.5. The maximum absolute atomic E-state index is 10.2. The van der Waals surface area contributed by atoms with Crippen LogP contribution >= 0.6 is 0 Å². The number of aliphatic hydroxyl groups excluding tert-OH is 2. The minimum atomic E-state index is -0.674. The van der Waals surface area contributed by atoms with Gasteiger partial charge in [0.25, 0.3) is 0 Å². The second kappa shape index (κ2) is 18.1. The van der Waals surface area contributed by atoms with E-state index in [-0.39, 0.29) is 26.4 Å². The van der Waals surface area contributed by atoms with Crippen LogP contribution in [0.1, 0.15) is 94.8 Å². The van der Waals surface area contributed by atoms with Crippen LogP contribution in [0.15, 0.2) is 49.1 Å². The Morgan fingerprint density at radius 3 is 1.60 bits per heavy atom. The molecule has 43 heavy (non-hydrogen) atoms. The molecule has 0 unspecified atom stereocenters. The number of nitrogens with zero attached hydrogens (tertiary/aromatic N) is 2. The summed E-state index contributed by atoms with van der Waals surface area (Å²) in [5, 5.41) is 20.3. The third kappa shape index (κ3) is 10.6. The van der Waals surface area contributed by atoms with Crippen LogP contribution in [0.3, 0.4) is 0 Å². The maximum Gasteiger partial charge on any atom is 0.184 e. The highest BCUT2D eigenvalue weighted by Crippen LogP contribution is 2.34. The first-order valence-electron chi connectivity index (χ1n) is 16.3. The molecule has 2 aromatic rings. The number of unbranched alkanes of at least 4 members (excludes halogenated alkanes) is 9. The lowest BCUT2D eigenvalue weighted by atomic mass is 9.89. The van der Waals surface area contributed by atoms with Gasteiger partial charge in [-0.05, 0) is 18.6 Å². The van der Waals surface area contributed by atoms with Gasteiger partial charge in [-0.1, -0.05) is 58.3 Å². The maximum atomic E-state index is 10.2. The van der Waals surface area contributed by atoms with Crippen molar-refractivity contribution in [2.45, 2.75) is 90.3 Å². The van der Waals surface area contributed by atoms with E-state index >= 15 is 0 Å². The Hall–Kier alpha value is -1.98. The first-order valence-corrected chi connectivity index (χ1v) is 16.3. The molecule has 4 heterocycles. The zero-order valence-electron chi connectivity index (χ0n) is 26.0. The van der Waals surface area contributed by atoms with Gasteiger partial charge < -0.3 is 33.9 Å². The minimum absolute atomic E-state index is 0.128. The Balaban J connectivity index is 1.13. The summed E-state index contributed by atoms with van der Waals surface area (Å²) in [6.45, 7) is 4.70. The standard InChI is InChI=1S/C34H53N2O7/c1-2-3-4-5-6-7-8-9-10-11-18-36-19-14-30(15-20-36)32-42-27-34(22-38,28-43-32)24-39-23-33(21-37)25-40-31(41-26-33)29-12-16-35-17-13-29/h12-17,19-20,31-32,37-38H,2-11,18,21-28H2,1H3/q+1. The third-order valence-corrected chi connectivity index (χ3v) is 8.59. The van der Waals surface area contributed by atoms with Crippen LogP contribution in [0.2, 0.25) is 0 Å². The van der Waals surface area contributed by atoms with Crippen molar-refractivity contribution < 1.29 is 38.5 Å². The Morgan fingerprint density at radius 2 is 1.14 bits per heavy atom. The van der Waals surface area contributed by atoms with Gasteiger partial charge in [0.05, 0.1) is 63.7 Å². The molecule has 0 saturated carbocycles. The summed E-state index contributed by atoms with van der Waals surface area (Å²) in [7, 11) is 0. The van der Waals surface area contributed by atoms with E-state index < -0.39 is 23.4 Å². The monoisotopic (exact) mass is 601 g/mol. The number of pyridine rings is 2. The fourth-order valence-corrected chi connectivity index (χ4v) is 5.58. The van der Waals surface area contributed by atoms with Crippen LogP contribution in [0.4, 0.5) is 0 Å². The zero-order chi connectivity index (χ0) is 30.2. The summed E-state index contributed by atoms with van der Waals surface area (Å²) in [6.07, 6.45) is 20.0. The molecule has 9 nitrogen and oxygen atoms in total. The molecule has 0 bridgehead atoms. The molecule has 0 atom stereocenters. The zero-order valence-corrected chi connectivity index (χ0v) is 26.0. The average molecular weight is 602 g/mol. The molecule has 4 rings (SSSR count). The van der Waals surface area contributed by atoms with Gasteiger partial charge in [0.2, 0.25) is 0 Å². The molecule has 0 spiro atoms. The van der Waals surface area contributed by atoms with Crippen molar-refractivity contribution >= 4 is 0 Å². The van der Waals surface area contributed by atoms with Crippen LogP contribution in [0.25, 0.3) is 0 Å². The number of aliphatic hydroxyl groups is 2. The first-order chi connectivity index (χ1) is 21.1. The quantitative estimate of drug-likeness (QED) is 0.170. The van der Waals surface area contributed by atoms with Crippen molar-refractivity contribution in [2.75, 3.05) is 52.9 Å². The number of hydrogen-bond donors (Lipinski definition) is 2. The molecule has 0 radical (unpaired) electrons. The van der Waals surface area contributed by atoms with Gasteiger partial charge >= 0.3 is 0 Å². The number of hydrogen-bond acceptors (Lipinski definition) is 8.